The standard InChI is InChI=1S/C26H32N4O6/c1-4-34-23-13-19(14-28-30-26(33)25(32)27-15-21-6-5-9-35-21)7-8-22(23)36-16-24(31)29-20-11-17(2)10-18(3)12-20/h7-8,10-14,21H,4-6,9,15-16H2,1-3H3,(H,27,32)(H,29,31)(H,30,33)/b28-14-/t21-/m0/s1. The summed E-state index contributed by atoms with van der Waals surface area (Å²) < 4.78 is 16.7. The molecule has 1 atom stereocenters. The molecule has 10 nitrogen and oxygen atoms in total. The van der Waals surface area contributed by atoms with Crippen LogP contribution in [0.3, 0.4) is 0 Å². The van der Waals surface area contributed by atoms with E-state index < -0.39 is 11.8 Å². The SMILES string of the molecule is CCOc1cc(/C=N\NC(=O)C(=O)NC[C@@H]2CCCO2)ccc1OCC(=O)Nc1cc(C)cc(C)c1. The maximum Gasteiger partial charge on any atom is 0.329 e. The van der Waals surface area contributed by atoms with E-state index in [0.717, 1.165) is 24.0 Å². The summed E-state index contributed by atoms with van der Waals surface area (Å²) in [7, 11) is 0. The van der Waals surface area contributed by atoms with Crippen molar-refractivity contribution in [2.24, 2.45) is 5.10 Å². The minimum atomic E-state index is -0.871. The molecule has 1 heterocycles. The summed E-state index contributed by atoms with van der Waals surface area (Å²) >= 11 is 0. The number of hydrogen-bond donors (Lipinski definition) is 3. The van der Waals surface area contributed by atoms with Gasteiger partial charge in [-0.3, -0.25) is 14.4 Å². The Balaban J connectivity index is 1.51. The monoisotopic (exact) mass is 496 g/mol. The number of anilines is 1. The van der Waals surface area contributed by atoms with Crippen molar-refractivity contribution in [1.82, 2.24) is 10.7 Å². The third-order valence-electron chi connectivity index (χ3n) is 5.23. The van der Waals surface area contributed by atoms with Crippen LogP contribution < -0.4 is 25.5 Å². The summed E-state index contributed by atoms with van der Waals surface area (Å²) in [5.41, 5.74) is 5.61. The van der Waals surface area contributed by atoms with E-state index in [1.54, 1.807) is 18.2 Å². The number of aryl methyl sites for hydroxylation is 2. The number of carbonyl (C=O) groups excluding carboxylic acids is 3. The zero-order valence-electron chi connectivity index (χ0n) is 20.8. The van der Waals surface area contributed by atoms with Gasteiger partial charge in [0.2, 0.25) is 0 Å². The van der Waals surface area contributed by atoms with Crippen molar-refractivity contribution in [3.8, 4) is 11.5 Å². The molecular weight excluding hydrogens is 464 g/mol. The lowest BCUT2D eigenvalue weighted by Crippen LogP contribution is -2.41. The number of ether oxygens (including phenoxy) is 3. The Morgan fingerprint density at radius 3 is 2.53 bits per heavy atom. The third kappa shape index (κ3) is 8.38. The van der Waals surface area contributed by atoms with Gasteiger partial charge >= 0.3 is 11.8 Å². The Bertz CT molecular complexity index is 1090. The third-order valence-corrected chi connectivity index (χ3v) is 5.23. The normalized spacial score (nSPS) is 14.9. The second-order valence-electron chi connectivity index (χ2n) is 8.40. The molecule has 3 rings (SSSR count). The quantitative estimate of drug-likeness (QED) is 0.263. The molecule has 0 unspecified atom stereocenters. The van der Waals surface area contributed by atoms with Crippen LogP contribution in [0.5, 0.6) is 11.5 Å². The van der Waals surface area contributed by atoms with Crippen LogP contribution >= 0.6 is 0 Å². The van der Waals surface area contributed by atoms with Crippen molar-refractivity contribution in [3.05, 3.63) is 53.1 Å². The molecule has 10 heteroatoms. The maximum absolute atomic E-state index is 12.3. The number of hydrazone groups is 1. The van der Waals surface area contributed by atoms with Crippen LogP contribution in [0.2, 0.25) is 0 Å². The fourth-order valence-electron chi connectivity index (χ4n) is 3.69. The number of benzene rings is 2. The molecule has 0 aliphatic carbocycles. The average Bonchev–Trinajstić information content (AvgIpc) is 3.35. The Kier molecular flexibility index (Phi) is 9.82. The van der Waals surface area contributed by atoms with Gasteiger partial charge in [0.05, 0.1) is 18.9 Å². The first-order valence-corrected chi connectivity index (χ1v) is 11.8. The van der Waals surface area contributed by atoms with Crippen LogP contribution in [0.25, 0.3) is 0 Å². The molecule has 0 bridgehead atoms. The molecule has 1 fully saturated rings. The van der Waals surface area contributed by atoms with Gasteiger partial charge in [0.25, 0.3) is 5.91 Å². The number of rotatable bonds is 10. The lowest BCUT2D eigenvalue weighted by molar-refractivity contribution is -0.139. The van der Waals surface area contributed by atoms with Crippen molar-refractivity contribution in [2.75, 3.05) is 31.7 Å². The summed E-state index contributed by atoms with van der Waals surface area (Å²) in [6.07, 6.45) is 3.13. The molecule has 0 aromatic heterocycles. The maximum atomic E-state index is 12.3. The predicted molar refractivity (Wildman–Crippen MR) is 135 cm³/mol. The molecular formula is C26H32N4O6. The Morgan fingerprint density at radius 2 is 1.83 bits per heavy atom. The Hall–Kier alpha value is -3.92. The van der Waals surface area contributed by atoms with Gasteiger partial charge < -0.3 is 24.8 Å². The van der Waals surface area contributed by atoms with Crippen molar-refractivity contribution in [3.63, 3.8) is 0 Å². The molecule has 1 aliphatic rings. The fourth-order valence-corrected chi connectivity index (χ4v) is 3.69. The predicted octanol–water partition coefficient (Wildman–Crippen LogP) is 2.46. The molecule has 2 aromatic carbocycles. The van der Waals surface area contributed by atoms with Gasteiger partial charge in [-0.25, -0.2) is 5.43 Å². The summed E-state index contributed by atoms with van der Waals surface area (Å²) in [4.78, 5) is 36.1. The molecule has 36 heavy (non-hydrogen) atoms. The highest BCUT2D eigenvalue weighted by Gasteiger charge is 2.19. The zero-order valence-corrected chi connectivity index (χ0v) is 20.8. The molecule has 0 radical (unpaired) electrons. The van der Waals surface area contributed by atoms with E-state index in [1.807, 2.05) is 39.0 Å². The van der Waals surface area contributed by atoms with E-state index in [1.165, 1.54) is 6.21 Å². The van der Waals surface area contributed by atoms with Gasteiger partial charge in [-0.05, 0) is 80.6 Å². The second-order valence-corrected chi connectivity index (χ2v) is 8.40. The first kappa shape index (κ1) is 26.7. The highest BCUT2D eigenvalue weighted by atomic mass is 16.5. The van der Waals surface area contributed by atoms with Crippen molar-refractivity contribution in [1.29, 1.82) is 0 Å². The molecule has 0 saturated carbocycles. The minimum Gasteiger partial charge on any atom is -0.490 e. The lowest BCUT2D eigenvalue weighted by atomic mass is 10.1. The van der Waals surface area contributed by atoms with E-state index in [-0.39, 0.29) is 25.2 Å². The second kappa shape index (κ2) is 13.2. The molecule has 1 aliphatic heterocycles. The van der Waals surface area contributed by atoms with Crippen LogP contribution in [0.15, 0.2) is 41.5 Å². The summed E-state index contributed by atoms with van der Waals surface area (Å²) in [5, 5.41) is 9.19. The zero-order chi connectivity index (χ0) is 25.9. The molecule has 3 N–H and O–H groups in total. The number of carbonyl (C=O) groups is 3. The van der Waals surface area contributed by atoms with Gasteiger partial charge in [-0.2, -0.15) is 5.10 Å². The summed E-state index contributed by atoms with van der Waals surface area (Å²) in [6, 6.07) is 10.8. The van der Waals surface area contributed by atoms with Crippen molar-refractivity contribution < 1.29 is 28.6 Å². The van der Waals surface area contributed by atoms with Crippen LogP contribution in [-0.2, 0) is 19.1 Å². The first-order valence-electron chi connectivity index (χ1n) is 11.8. The van der Waals surface area contributed by atoms with E-state index in [4.69, 9.17) is 14.2 Å². The van der Waals surface area contributed by atoms with Gasteiger partial charge in [0.15, 0.2) is 18.1 Å². The van der Waals surface area contributed by atoms with E-state index in [2.05, 4.69) is 21.2 Å². The number of amides is 3. The molecule has 0 spiro atoms. The smallest absolute Gasteiger partial charge is 0.329 e. The lowest BCUT2D eigenvalue weighted by Gasteiger charge is -2.13. The van der Waals surface area contributed by atoms with E-state index in [9.17, 15) is 14.4 Å². The largest absolute Gasteiger partial charge is 0.490 e. The van der Waals surface area contributed by atoms with Gasteiger partial charge in [0, 0.05) is 18.8 Å². The summed E-state index contributed by atoms with van der Waals surface area (Å²) in [6.45, 7) is 6.90. The van der Waals surface area contributed by atoms with Crippen LogP contribution in [0.4, 0.5) is 5.69 Å². The van der Waals surface area contributed by atoms with Crippen LogP contribution in [0, 0.1) is 13.8 Å². The number of nitrogens with zero attached hydrogens (tertiary/aromatic N) is 1. The highest BCUT2D eigenvalue weighted by Crippen LogP contribution is 2.28. The van der Waals surface area contributed by atoms with Crippen molar-refractivity contribution in [2.45, 2.75) is 39.7 Å². The van der Waals surface area contributed by atoms with E-state index >= 15 is 0 Å². The van der Waals surface area contributed by atoms with Crippen molar-refractivity contribution >= 4 is 29.6 Å². The van der Waals surface area contributed by atoms with Gasteiger partial charge in [-0.1, -0.05) is 6.07 Å². The molecule has 1 saturated heterocycles. The number of hydrogen-bond acceptors (Lipinski definition) is 7. The molecule has 3 amide bonds. The fraction of sp³-hybridized carbons (Fsp3) is 0.385. The Labute approximate surface area is 210 Å². The molecule has 192 valence electrons. The van der Waals surface area contributed by atoms with Crippen LogP contribution in [-0.4, -0.2) is 56.4 Å². The summed E-state index contributed by atoms with van der Waals surface area (Å²) in [5.74, 6) is -1.14. The highest BCUT2D eigenvalue weighted by molar-refractivity contribution is 6.35. The van der Waals surface area contributed by atoms with Gasteiger partial charge in [-0.15, -0.1) is 0 Å². The van der Waals surface area contributed by atoms with E-state index in [0.29, 0.717) is 36.0 Å². The molecule has 2 aromatic rings. The van der Waals surface area contributed by atoms with Crippen LogP contribution in [0.1, 0.15) is 36.5 Å². The van der Waals surface area contributed by atoms with Gasteiger partial charge in [0.1, 0.15) is 0 Å². The minimum absolute atomic E-state index is 0.0548. The topological polar surface area (TPSA) is 127 Å². The average molecular weight is 497 g/mol. The number of nitrogens with one attached hydrogen (secondary N) is 3. The first-order chi connectivity index (χ1) is 17.3. The Morgan fingerprint density at radius 1 is 1.06 bits per heavy atom.